The van der Waals surface area contributed by atoms with Crippen molar-refractivity contribution in [1.29, 1.82) is 0 Å². The van der Waals surface area contributed by atoms with Gasteiger partial charge >= 0.3 is 6.09 Å². The first kappa shape index (κ1) is 18.8. The van der Waals surface area contributed by atoms with E-state index in [4.69, 9.17) is 9.47 Å². The standard InChI is InChI=1S/C20H26FNO4/c1-12-6-5-7-16(21)17(12)18(23)13-8-14-10-25-11-15(9-13)22(14)19(24)26-20(2,3)4/h5-7,13-15H,8-11H2,1-4H3. The molecule has 1 amide bonds. The van der Waals surface area contributed by atoms with E-state index in [1.807, 2.05) is 20.8 Å². The highest BCUT2D eigenvalue weighted by Gasteiger charge is 2.45. The molecule has 2 saturated heterocycles. The maximum Gasteiger partial charge on any atom is 0.410 e. The highest BCUT2D eigenvalue weighted by atomic mass is 19.1. The molecule has 0 spiro atoms. The van der Waals surface area contributed by atoms with E-state index in [0.717, 1.165) is 0 Å². The first-order valence-corrected chi connectivity index (χ1v) is 9.06. The van der Waals surface area contributed by atoms with Crippen LogP contribution in [0.1, 0.15) is 49.5 Å². The number of carbonyl (C=O) groups excluding carboxylic acids is 2. The van der Waals surface area contributed by atoms with Crippen molar-refractivity contribution in [3.63, 3.8) is 0 Å². The van der Waals surface area contributed by atoms with Crippen LogP contribution in [-0.4, -0.2) is 47.7 Å². The summed E-state index contributed by atoms with van der Waals surface area (Å²) in [6, 6.07) is 4.22. The average molecular weight is 363 g/mol. The zero-order valence-electron chi connectivity index (χ0n) is 15.8. The Labute approximate surface area is 153 Å². The van der Waals surface area contributed by atoms with Crippen molar-refractivity contribution < 1.29 is 23.5 Å². The molecule has 0 N–H and O–H groups in total. The number of benzene rings is 1. The minimum absolute atomic E-state index is 0.169. The molecule has 2 aliphatic heterocycles. The fourth-order valence-corrected chi connectivity index (χ4v) is 3.89. The summed E-state index contributed by atoms with van der Waals surface area (Å²) in [5, 5.41) is 0. The molecule has 2 fully saturated rings. The van der Waals surface area contributed by atoms with E-state index >= 15 is 0 Å². The van der Waals surface area contributed by atoms with Crippen molar-refractivity contribution in [1.82, 2.24) is 4.90 Å². The van der Waals surface area contributed by atoms with E-state index in [9.17, 15) is 14.0 Å². The molecular weight excluding hydrogens is 337 g/mol. The largest absolute Gasteiger partial charge is 0.444 e. The van der Waals surface area contributed by atoms with Gasteiger partial charge in [-0.25, -0.2) is 9.18 Å². The van der Waals surface area contributed by atoms with Gasteiger partial charge < -0.3 is 9.47 Å². The second-order valence-electron chi connectivity index (χ2n) is 8.20. The van der Waals surface area contributed by atoms with E-state index in [2.05, 4.69) is 0 Å². The predicted octanol–water partition coefficient (Wildman–Crippen LogP) is 3.73. The minimum atomic E-state index is -0.580. The van der Waals surface area contributed by atoms with Crippen LogP contribution in [-0.2, 0) is 9.47 Å². The van der Waals surface area contributed by atoms with Crippen LogP contribution in [0.3, 0.4) is 0 Å². The van der Waals surface area contributed by atoms with Gasteiger partial charge in [-0.3, -0.25) is 9.69 Å². The maximum atomic E-state index is 14.2. The lowest BCUT2D eigenvalue weighted by Crippen LogP contribution is -2.60. The number of hydrogen-bond acceptors (Lipinski definition) is 4. The second kappa shape index (κ2) is 6.99. The van der Waals surface area contributed by atoms with Gasteiger partial charge in [0.05, 0.1) is 30.9 Å². The third-order valence-electron chi connectivity index (χ3n) is 4.96. The van der Waals surface area contributed by atoms with E-state index in [1.165, 1.54) is 6.07 Å². The second-order valence-corrected chi connectivity index (χ2v) is 8.20. The van der Waals surface area contributed by atoms with Crippen LogP contribution in [0.15, 0.2) is 18.2 Å². The molecule has 2 atom stereocenters. The maximum absolute atomic E-state index is 14.2. The predicted molar refractivity (Wildman–Crippen MR) is 94.7 cm³/mol. The molecular formula is C20H26FNO4. The Morgan fingerprint density at radius 3 is 2.35 bits per heavy atom. The first-order valence-electron chi connectivity index (χ1n) is 9.06. The fraction of sp³-hybridized carbons (Fsp3) is 0.600. The molecule has 6 heteroatoms. The lowest BCUT2D eigenvalue weighted by molar-refractivity contribution is -0.0861. The van der Waals surface area contributed by atoms with Gasteiger partial charge in [0.2, 0.25) is 0 Å². The number of ether oxygens (including phenoxy) is 2. The van der Waals surface area contributed by atoms with Crippen molar-refractivity contribution in [3.05, 3.63) is 35.1 Å². The summed E-state index contributed by atoms with van der Waals surface area (Å²) < 4.78 is 25.3. The van der Waals surface area contributed by atoms with E-state index in [0.29, 0.717) is 31.6 Å². The number of ketones is 1. The third-order valence-corrected chi connectivity index (χ3v) is 4.96. The number of Topliss-reactive ketones (excluding diaryl/α,β-unsaturated/α-hetero) is 1. The number of piperidine rings is 1. The Hall–Kier alpha value is -1.95. The number of rotatable bonds is 2. The number of halogens is 1. The van der Waals surface area contributed by atoms with Gasteiger partial charge in [0.25, 0.3) is 0 Å². The Morgan fingerprint density at radius 1 is 1.19 bits per heavy atom. The molecule has 1 aromatic carbocycles. The van der Waals surface area contributed by atoms with Crippen molar-refractivity contribution in [2.75, 3.05) is 13.2 Å². The van der Waals surface area contributed by atoms with Crippen molar-refractivity contribution in [2.45, 2.75) is 58.2 Å². The van der Waals surface area contributed by atoms with Gasteiger partial charge in [0, 0.05) is 5.92 Å². The number of aryl methyl sites for hydroxylation is 1. The number of carbonyl (C=O) groups is 2. The third kappa shape index (κ3) is 3.75. The summed E-state index contributed by atoms with van der Waals surface area (Å²) in [6.45, 7) is 7.97. The molecule has 142 valence electrons. The lowest BCUT2D eigenvalue weighted by Gasteiger charge is -2.47. The van der Waals surface area contributed by atoms with Crippen LogP contribution < -0.4 is 0 Å². The van der Waals surface area contributed by atoms with Crippen LogP contribution in [0.25, 0.3) is 0 Å². The minimum Gasteiger partial charge on any atom is -0.444 e. The molecule has 0 radical (unpaired) electrons. The first-order chi connectivity index (χ1) is 12.2. The zero-order chi connectivity index (χ0) is 19.1. The molecule has 0 aromatic heterocycles. The summed E-state index contributed by atoms with van der Waals surface area (Å²) in [4.78, 5) is 27.3. The smallest absolute Gasteiger partial charge is 0.410 e. The number of nitrogens with zero attached hydrogens (tertiary/aromatic N) is 1. The van der Waals surface area contributed by atoms with Crippen LogP contribution in [0.2, 0.25) is 0 Å². The number of morpholine rings is 1. The summed E-state index contributed by atoms with van der Waals surface area (Å²) in [6.07, 6.45) is 0.550. The van der Waals surface area contributed by atoms with Crippen LogP contribution in [0.4, 0.5) is 9.18 Å². The van der Waals surface area contributed by atoms with Gasteiger partial charge in [-0.2, -0.15) is 0 Å². The van der Waals surface area contributed by atoms with Crippen LogP contribution >= 0.6 is 0 Å². The molecule has 2 aliphatic rings. The average Bonchev–Trinajstić information content (AvgIpc) is 2.51. The van der Waals surface area contributed by atoms with E-state index in [-0.39, 0.29) is 35.4 Å². The van der Waals surface area contributed by atoms with Gasteiger partial charge in [-0.1, -0.05) is 12.1 Å². The molecule has 3 rings (SSSR count). The Morgan fingerprint density at radius 2 is 1.81 bits per heavy atom. The number of hydrogen-bond donors (Lipinski definition) is 0. The quantitative estimate of drug-likeness (QED) is 0.751. The number of fused-ring (bicyclic) bond motifs is 2. The highest BCUT2D eigenvalue weighted by Crippen LogP contribution is 2.35. The molecule has 2 bridgehead atoms. The van der Waals surface area contributed by atoms with Gasteiger partial charge in [-0.05, 0) is 52.2 Å². The molecule has 0 aliphatic carbocycles. The van der Waals surface area contributed by atoms with Crippen LogP contribution in [0, 0.1) is 18.7 Å². The fourth-order valence-electron chi connectivity index (χ4n) is 3.89. The van der Waals surface area contributed by atoms with Crippen molar-refractivity contribution >= 4 is 11.9 Å². The number of amides is 1. The normalized spacial score (nSPS) is 25.7. The Balaban J connectivity index is 1.79. The molecule has 2 unspecified atom stereocenters. The molecule has 0 saturated carbocycles. The van der Waals surface area contributed by atoms with Crippen LogP contribution in [0.5, 0.6) is 0 Å². The monoisotopic (exact) mass is 363 g/mol. The molecule has 1 aromatic rings. The molecule has 5 nitrogen and oxygen atoms in total. The van der Waals surface area contributed by atoms with Gasteiger partial charge in [0.1, 0.15) is 11.4 Å². The lowest BCUT2D eigenvalue weighted by atomic mass is 9.80. The van der Waals surface area contributed by atoms with E-state index < -0.39 is 11.4 Å². The van der Waals surface area contributed by atoms with Gasteiger partial charge in [-0.15, -0.1) is 0 Å². The van der Waals surface area contributed by atoms with Gasteiger partial charge in [0.15, 0.2) is 5.78 Å². The summed E-state index contributed by atoms with van der Waals surface area (Å²) >= 11 is 0. The van der Waals surface area contributed by atoms with Crippen molar-refractivity contribution in [3.8, 4) is 0 Å². The van der Waals surface area contributed by atoms with Crippen molar-refractivity contribution in [2.24, 2.45) is 5.92 Å². The SMILES string of the molecule is Cc1cccc(F)c1C(=O)C1CC2COCC(C1)N2C(=O)OC(C)(C)C. The summed E-state index contributed by atoms with van der Waals surface area (Å²) in [5.74, 6) is -0.976. The highest BCUT2D eigenvalue weighted by molar-refractivity contribution is 5.99. The summed E-state index contributed by atoms with van der Waals surface area (Å²) in [7, 11) is 0. The summed E-state index contributed by atoms with van der Waals surface area (Å²) in [5.41, 5.74) is 0.233. The van der Waals surface area contributed by atoms with E-state index in [1.54, 1.807) is 24.0 Å². The Bertz CT molecular complexity index is 678. The molecule has 2 heterocycles. The topological polar surface area (TPSA) is 55.8 Å². The Kier molecular flexibility index (Phi) is 5.06. The zero-order valence-corrected chi connectivity index (χ0v) is 15.8. The molecule has 26 heavy (non-hydrogen) atoms.